The fraction of sp³-hybridized carbons (Fsp3) is 0.410. The molecule has 3 N–H and O–H groups in total. The second-order valence-electron chi connectivity index (χ2n) is 13.7. The molecule has 2 aliphatic rings. The van der Waals surface area contributed by atoms with Gasteiger partial charge in [0.05, 0.1) is 5.56 Å². The molecule has 51 heavy (non-hydrogen) atoms. The van der Waals surface area contributed by atoms with Crippen molar-refractivity contribution in [1.82, 2.24) is 15.5 Å². The number of unbranched alkanes of at least 4 members (excludes halogenated alkanes) is 1. The molecule has 0 spiro atoms. The monoisotopic (exact) mass is 699 g/mol. The van der Waals surface area contributed by atoms with Gasteiger partial charge in [-0.15, -0.1) is 0 Å². The van der Waals surface area contributed by atoms with E-state index in [1.165, 1.54) is 17.0 Å². The van der Waals surface area contributed by atoms with Crippen LogP contribution in [-0.2, 0) is 30.4 Å². The minimum atomic E-state index is -1.06. The summed E-state index contributed by atoms with van der Waals surface area (Å²) in [5.41, 5.74) is 4.49. The fourth-order valence-corrected chi connectivity index (χ4v) is 6.49. The zero-order valence-electron chi connectivity index (χ0n) is 29.2. The first kappa shape index (κ1) is 36.9. The molecule has 2 atom stereocenters. The molecule has 1 saturated heterocycles. The van der Waals surface area contributed by atoms with Crippen LogP contribution in [0.25, 0.3) is 11.1 Å². The van der Waals surface area contributed by atoms with Gasteiger partial charge in [-0.3, -0.25) is 4.79 Å². The number of aromatic carboxylic acids is 1. The number of carboxylic acids is 1. The van der Waals surface area contributed by atoms with E-state index >= 15 is 0 Å². The van der Waals surface area contributed by atoms with Crippen molar-refractivity contribution in [1.29, 1.82) is 0 Å². The van der Waals surface area contributed by atoms with Gasteiger partial charge in [-0.2, -0.15) is 0 Å². The summed E-state index contributed by atoms with van der Waals surface area (Å²) in [6, 6.07) is 20.4. The molecule has 1 aliphatic carbocycles. The Morgan fingerprint density at radius 2 is 1.51 bits per heavy atom. The first-order chi connectivity index (χ1) is 24.4. The normalized spacial score (nSPS) is 15.7. The van der Waals surface area contributed by atoms with Gasteiger partial charge in [-0.1, -0.05) is 60.7 Å². The van der Waals surface area contributed by atoms with Gasteiger partial charge >= 0.3 is 24.1 Å². The van der Waals surface area contributed by atoms with Crippen LogP contribution in [0.2, 0.25) is 0 Å². The van der Waals surface area contributed by atoms with E-state index in [1.807, 2.05) is 24.3 Å². The molecule has 3 aromatic carbocycles. The number of rotatable bonds is 13. The number of hydrogen-bond donors (Lipinski definition) is 3. The van der Waals surface area contributed by atoms with E-state index in [9.17, 15) is 24.0 Å². The maximum Gasteiger partial charge on any atom is 0.408 e. The van der Waals surface area contributed by atoms with E-state index in [4.69, 9.17) is 19.3 Å². The molecule has 12 heteroatoms. The number of carboxylic acid groups (broad SMARTS) is 1. The third kappa shape index (κ3) is 9.65. The Kier molecular flexibility index (Phi) is 12.0. The molecular weight excluding hydrogens is 654 g/mol. The van der Waals surface area contributed by atoms with Crippen molar-refractivity contribution in [3.05, 3.63) is 95.1 Å². The first-order valence-electron chi connectivity index (χ1n) is 17.3. The Bertz CT molecular complexity index is 1690. The molecule has 270 valence electrons. The number of esters is 1. The smallest absolute Gasteiger partial charge is 0.408 e. The lowest BCUT2D eigenvalue weighted by Crippen LogP contribution is -2.52. The van der Waals surface area contributed by atoms with Gasteiger partial charge < -0.3 is 34.9 Å². The molecule has 0 saturated carbocycles. The highest BCUT2D eigenvalue weighted by Gasteiger charge is 2.39. The summed E-state index contributed by atoms with van der Waals surface area (Å²) in [6.07, 6.45) is 0.946. The van der Waals surface area contributed by atoms with Crippen molar-refractivity contribution >= 4 is 30.0 Å². The molecular formula is C39H45N3O9. The third-order valence-electron chi connectivity index (χ3n) is 8.91. The maximum absolute atomic E-state index is 13.8. The van der Waals surface area contributed by atoms with Crippen LogP contribution < -0.4 is 10.6 Å². The number of amides is 3. The number of carbonyl (C=O) groups is 5. The number of alkyl carbamates (subject to hydrolysis) is 2. The van der Waals surface area contributed by atoms with Gasteiger partial charge in [-0.05, 0) is 92.8 Å². The van der Waals surface area contributed by atoms with Gasteiger partial charge in [0.1, 0.15) is 30.9 Å². The Labute approximate surface area is 297 Å². The van der Waals surface area contributed by atoms with E-state index in [1.54, 1.807) is 32.9 Å². The molecule has 1 aliphatic heterocycles. The van der Waals surface area contributed by atoms with Gasteiger partial charge in [0.25, 0.3) is 0 Å². The van der Waals surface area contributed by atoms with Gasteiger partial charge in [0, 0.05) is 19.0 Å². The third-order valence-corrected chi connectivity index (χ3v) is 8.91. The van der Waals surface area contributed by atoms with E-state index in [0.29, 0.717) is 44.3 Å². The summed E-state index contributed by atoms with van der Waals surface area (Å²) in [6.45, 7) is 5.92. The van der Waals surface area contributed by atoms with Crippen molar-refractivity contribution in [3.63, 3.8) is 0 Å². The van der Waals surface area contributed by atoms with Crippen molar-refractivity contribution in [2.45, 2.75) is 83.1 Å². The molecule has 3 aromatic rings. The van der Waals surface area contributed by atoms with E-state index in [-0.39, 0.29) is 31.1 Å². The highest BCUT2D eigenvalue weighted by Crippen LogP contribution is 2.44. The predicted molar refractivity (Wildman–Crippen MR) is 188 cm³/mol. The van der Waals surface area contributed by atoms with E-state index in [0.717, 1.165) is 22.3 Å². The summed E-state index contributed by atoms with van der Waals surface area (Å²) in [5, 5.41) is 14.6. The zero-order chi connectivity index (χ0) is 36.5. The number of fused-ring (bicyclic) bond motifs is 3. The number of ether oxygens (including phenoxy) is 3. The van der Waals surface area contributed by atoms with E-state index < -0.39 is 47.7 Å². The number of hydrogen-bond acceptors (Lipinski definition) is 8. The summed E-state index contributed by atoms with van der Waals surface area (Å²) in [4.78, 5) is 64.8. The molecule has 5 rings (SSSR count). The average Bonchev–Trinajstić information content (AvgIpc) is 3.72. The molecule has 0 aromatic heterocycles. The van der Waals surface area contributed by atoms with Crippen molar-refractivity contribution < 1.29 is 43.3 Å². The Hall–Kier alpha value is -5.39. The first-order valence-corrected chi connectivity index (χ1v) is 17.3. The largest absolute Gasteiger partial charge is 0.478 e. The summed E-state index contributed by atoms with van der Waals surface area (Å²) >= 11 is 0. The van der Waals surface area contributed by atoms with Crippen LogP contribution in [0.3, 0.4) is 0 Å². The minimum absolute atomic E-state index is 0.0501. The molecule has 1 heterocycles. The van der Waals surface area contributed by atoms with Crippen molar-refractivity contribution in [3.8, 4) is 11.1 Å². The maximum atomic E-state index is 13.8. The Balaban J connectivity index is 1.12. The summed E-state index contributed by atoms with van der Waals surface area (Å²) in [5.74, 6) is -2.10. The number of carbonyl (C=O) groups excluding carboxylic acids is 4. The van der Waals surface area contributed by atoms with Gasteiger partial charge in [-0.25, -0.2) is 19.2 Å². The number of nitrogens with zero attached hydrogens (tertiary/aromatic N) is 1. The van der Waals surface area contributed by atoms with Crippen LogP contribution in [0.15, 0.2) is 72.8 Å². The SMILES string of the molecule is CC(C)(C)OC(=O)N[C@@H](CCCCNC(=O)OCC1c2ccccc2-c2ccccc21)C(=O)N1CCC[C@H]1C(=O)OCc1ccc(C(=O)O)cc1. The zero-order valence-corrected chi connectivity index (χ0v) is 29.2. The van der Waals surface area contributed by atoms with Crippen LogP contribution in [0, 0.1) is 0 Å². The van der Waals surface area contributed by atoms with Crippen LogP contribution in [0.1, 0.15) is 85.8 Å². The lowest BCUT2D eigenvalue weighted by Gasteiger charge is -2.29. The topological polar surface area (TPSA) is 161 Å². The number of benzene rings is 3. The molecule has 12 nitrogen and oxygen atoms in total. The van der Waals surface area contributed by atoms with Crippen LogP contribution in [0.4, 0.5) is 9.59 Å². The fourth-order valence-electron chi connectivity index (χ4n) is 6.49. The second kappa shape index (κ2) is 16.5. The van der Waals surface area contributed by atoms with Crippen LogP contribution in [0.5, 0.6) is 0 Å². The molecule has 0 unspecified atom stereocenters. The average molecular weight is 700 g/mol. The summed E-state index contributed by atoms with van der Waals surface area (Å²) in [7, 11) is 0. The second-order valence-corrected chi connectivity index (χ2v) is 13.7. The number of likely N-dealkylation sites (tertiary alicyclic amines) is 1. The van der Waals surface area contributed by atoms with Crippen LogP contribution in [-0.4, -0.2) is 77.4 Å². The van der Waals surface area contributed by atoms with Gasteiger partial charge in [0.15, 0.2) is 0 Å². The van der Waals surface area contributed by atoms with Crippen molar-refractivity contribution in [2.24, 2.45) is 0 Å². The standard InChI is InChI=1S/C39H45N3O9/c1-39(2,3)51-38(48)41-32(34(43)42-22-10-16-33(42)36(46)49-23-25-17-19-26(20-18-25)35(44)45)15-8-9-21-40-37(47)50-24-31-29-13-6-4-11-27(29)28-12-5-7-14-30(28)31/h4-7,11-14,17-20,31-33H,8-10,15-16,21-24H2,1-3H3,(H,40,47)(H,41,48)(H,44,45)/t32-,33-/m0/s1. The molecule has 3 amide bonds. The molecule has 1 fully saturated rings. The Morgan fingerprint density at radius 1 is 0.863 bits per heavy atom. The predicted octanol–water partition coefficient (Wildman–Crippen LogP) is 6.02. The summed E-state index contributed by atoms with van der Waals surface area (Å²) < 4.78 is 16.5. The lowest BCUT2D eigenvalue weighted by atomic mass is 9.98. The molecule has 0 bridgehead atoms. The quantitative estimate of drug-likeness (QED) is 0.110. The Morgan fingerprint density at radius 3 is 2.14 bits per heavy atom. The van der Waals surface area contributed by atoms with E-state index in [2.05, 4.69) is 34.9 Å². The molecule has 0 radical (unpaired) electrons. The van der Waals surface area contributed by atoms with Gasteiger partial charge in [0.2, 0.25) is 5.91 Å². The lowest BCUT2D eigenvalue weighted by molar-refractivity contribution is -0.155. The van der Waals surface area contributed by atoms with Crippen LogP contribution >= 0.6 is 0 Å². The minimum Gasteiger partial charge on any atom is -0.478 e. The van der Waals surface area contributed by atoms with Crippen molar-refractivity contribution in [2.75, 3.05) is 19.7 Å². The highest BCUT2D eigenvalue weighted by molar-refractivity contribution is 5.90. The highest BCUT2D eigenvalue weighted by atomic mass is 16.6. The number of nitrogens with one attached hydrogen (secondary N) is 2.